The highest BCUT2D eigenvalue weighted by atomic mass is 16.3. The molecule has 2 heteroatoms. The van der Waals surface area contributed by atoms with E-state index in [0.29, 0.717) is 11.2 Å². The lowest BCUT2D eigenvalue weighted by Gasteiger charge is -2.35. The Morgan fingerprint density at radius 1 is 0.418 bits per heavy atom. The van der Waals surface area contributed by atoms with Crippen molar-refractivity contribution >= 4 is 49.8 Å². The summed E-state index contributed by atoms with van der Waals surface area (Å²) in [5, 5.41) is 1.58. The molecule has 1 aliphatic rings. The van der Waals surface area contributed by atoms with Crippen LogP contribution in [0.2, 0.25) is 0 Å². The maximum Gasteiger partial charge on any atom is 0.135 e. The van der Waals surface area contributed by atoms with E-state index in [1.807, 2.05) is 97.1 Å². The van der Waals surface area contributed by atoms with Gasteiger partial charge in [0.1, 0.15) is 11.2 Å². The fourth-order valence-corrected chi connectivity index (χ4v) is 8.74. The third-order valence-corrected chi connectivity index (χ3v) is 11.0. The number of para-hydroxylation sites is 2. The zero-order valence-electron chi connectivity index (χ0n) is 36.5. The van der Waals surface area contributed by atoms with Gasteiger partial charge < -0.3 is 9.32 Å². The quantitative estimate of drug-likeness (QED) is 0.171. The Balaban J connectivity index is 1.27. The maximum atomic E-state index is 9.89. The van der Waals surface area contributed by atoms with E-state index in [9.17, 15) is 4.11 Å². The van der Waals surface area contributed by atoms with E-state index in [0.717, 1.165) is 66.8 Å². The molecule has 1 aliphatic carbocycles. The number of hydrogen-bond acceptors (Lipinski definition) is 2. The van der Waals surface area contributed by atoms with Crippen molar-refractivity contribution in [2.45, 2.75) is 5.41 Å². The van der Waals surface area contributed by atoms with Gasteiger partial charge in [0.15, 0.2) is 0 Å². The fourth-order valence-electron chi connectivity index (χ4n) is 8.74. The molecule has 0 aliphatic heterocycles. The first-order chi connectivity index (χ1) is 30.2. The minimum absolute atomic E-state index is 0.0444. The van der Waals surface area contributed by atoms with E-state index in [4.69, 9.17) is 9.90 Å². The molecule has 0 N–H and O–H groups in total. The van der Waals surface area contributed by atoms with E-state index in [1.54, 1.807) is 0 Å². The number of benzene rings is 9. The van der Waals surface area contributed by atoms with Gasteiger partial charge in [-0.25, -0.2) is 0 Å². The van der Waals surface area contributed by atoms with E-state index < -0.39 is 35.6 Å². The van der Waals surface area contributed by atoms with Crippen LogP contribution in [0.5, 0.6) is 0 Å². The van der Waals surface area contributed by atoms with Gasteiger partial charge in [0.2, 0.25) is 0 Å². The SMILES string of the molecule is [2H]c1c([2H])c([2H])c2c(C3(c4cccc5oc6ccccc6c45)c4ccccc4-c4cc(N(c5ccccc5)c5ccc(-c6ccccc6)cc5)ccc43)c([2H])c([2H])c([2H])c2c1[2H]. The predicted molar refractivity (Wildman–Crippen MR) is 229 cm³/mol. The first kappa shape index (κ1) is 25.0. The van der Waals surface area contributed by atoms with Crippen LogP contribution < -0.4 is 4.90 Å². The van der Waals surface area contributed by atoms with Crippen molar-refractivity contribution in [1.29, 1.82) is 0 Å². The van der Waals surface area contributed by atoms with E-state index in [2.05, 4.69) is 77.7 Å². The van der Waals surface area contributed by atoms with Gasteiger partial charge in [0, 0.05) is 27.8 Å². The predicted octanol–water partition coefficient (Wildman–Crippen LogP) is 14.2. The first-order valence-corrected chi connectivity index (χ1v) is 18.4. The summed E-state index contributed by atoms with van der Waals surface area (Å²) in [5.74, 6) is 0. The molecule has 0 saturated carbocycles. The van der Waals surface area contributed by atoms with Crippen LogP contribution in [-0.2, 0) is 5.41 Å². The molecule has 1 heterocycles. The van der Waals surface area contributed by atoms with Gasteiger partial charge in [-0.3, -0.25) is 0 Å². The van der Waals surface area contributed by atoms with Crippen molar-refractivity contribution in [2.24, 2.45) is 0 Å². The van der Waals surface area contributed by atoms with Gasteiger partial charge in [-0.2, -0.15) is 0 Å². The molecule has 0 saturated heterocycles. The summed E-state index contributed by atoms with van der Waals surface area (Å²) in [6, 6.07) is 54.0. The highest BCUT2D eigenvalue weighted by molar-refractivity contribution is 6.09. The number of hydrogen-bond donors (Lipinski definition) is 0. The average Bonchev–Trinajstić information content (AvgIpc) is 3.84. The molecule has 258 valence electrons. The monoisotopic (exact) mass is 708 g/mol. The third kappa shape index (κ3) is 4.75. The van der Waals surface area contributed by atoms with Gasteiger partial charge in [0.25, 0.3) is 0 Å². The maximum absolute atomic E-state index is 9.89. The molecule has 0 amide bonds. The molecule has 11 rings (SSSR count). The molecule has 55 heavy (non-hydrogen) atoms. The van der Waals surface area contributed by atoms with Crippen LogP contribution in [0.1, 0.15) is 31.8 Å². The standard InChI is InChI=1S/C53H35NO/c1-3-15-36(16-4-1)37-29-31-40(32-30-37)54(39-19-5-2-6-20-39)41-33-34-48-45(35-41)43-22-9-11-24-47(43)53(48,46-25-13-18-38-17-7-8-21-42(38)46)49-26-14-28-51-52(49)44-23-10-12-27-50(44)55-51/h1-35H/i7D,8D,13D,17D,18D,21D,25D. The summed E-state index contributed by atoms with van der Waals surface area (Å²) >= 11 is 0. The number of anilines is 3. The zero-order chi connectivity index (χ0) is 42.4. The number of furan rings is 1. The van der Waals surface area contributed by atoms with Gasteiger partial charge in [0.05, 0.1) is 15.0 Å². The van der Waals surface area contributed by atoms with Gasteiger partial charge in [-0.15, -0.1) is 0 Å². The van der Waals surface area contributed by atoms with Gasteiger partial charge in [-0.05, 0) is 104 Å². The van der Waals surface area contributed by atoms with Crippen molar-refractivity contribution in [1.82, 2.24) is 0 Å². The lowest BCUT2D eigenvalue weighted by Crippen LogP contribution is -2.29. The molecule has 0 fully saturated rings. The summed E-state index contributed by atoms with van der Waals surface area (Å²) in [5.41, 5.74) is 9.08. The average molecular weight is 709 g/mol. The van der Waals surface area contributed by atoms with E-state index in [-0.39, 0.29) is 28.4 Å². The van der Waals surface area contributed by atoms with Crippen LogP contribution in [0.4, 0.5) is 17.1 Å². The normalized spacial score (nSPS) is 16.4. The Labute approximate surface area is 330 Å². The van der Waals surface area contributed by atoms with Crippen molar-refractivity contribution in [3.63, 3.8) is 0 Å². The van der Waals surface area contributed by atoms with Crippen molar-refractivity contribution in [3.8, 4) is 22.3 Å². The van der Waals surface area contributed by atoms with E-state index in [1.165, 1.54) is 0 Å². The Morgan fingerprint density at radius 3 is 1.93 bits per heavy atom. The summed E-state index contributed by atoms with van der Waals surface area (Å²) in [4.78, 5) is 2.21. The zero-order valence-corrected chi connectivity index (χ0v) is 29.5. The molecule has 9 aromatic carbocycles. The number of nitrogens with zero attached hydrogens (tertiary/aromatic N) is 1. The minimum Gasteiger partial charge on any atom is -0.456 e. The molecular weight excluding hydrogens is 667 g/mol. The molecular formula is C53H35NO. The van der Waals surface area contributed by atoms with Crippen LogP contribution in [-0.4, -0.2) is 0 Å². The Kier molecular flexibility index (Phi) is 5.66. The topological polar surface area (TPSA) is 16.4 Å². The molecule has 10 aromatic rings. The lowest BCUT2D eigenvalue weighted by molar-refractivity contribution is 0.667. The second kappa shape index (κ2) is 12.5. The molecule has 1 aromatic heterocycles. The molecule has 1 atom stereocenters. The molecule has 0 spiro atoms. The van der Waals surface area contributed by atoms with Crippen LogP contribution in [0.15, 0.2) is 217 Å². The van der Waals surface area contributed by atoms with E-state index >= 15 is 0 Å². The lowest BCUT2D eigenvalue weighted by atomic mass is 9.65. The third-order valence-electron chi connectivity index (χ3n) is 11.0. The Morgan fingerprint density at radius 2 is 1.05 bits per heavy atom. The number of rotatable bonds is 6. The second-order valence-electron chi connectivity index (χ2n) is 13.9. The van der Waals surface area contributed by atoms with Crippen LogP contribution in [0.3, 0.4) is 0 Å². The highest BCUT2D eigenvalue weighted by Gasteiger charge is 2.48. The summed E-state index contributed by atoms with van der Waals surface area (Å²) in [6.45, 7) is 0. The second-order valence-corrected chi connectivity index (χ2v) is 13.9. The Hall–Kier alpha value is -7.16. The molecule has 0 radical (unpaired) electrons. The summed E-state index contributed by atoms with van der Waals surface area (Å²) in [6.07, 6.45) is 0. The van der Waals surface area contributed by atoms with Crippen LogP contribution >= 0.6 is 0 Å². The van der Waals surface area contributed by atoms with Crippen LogP contribution in [0, 0.1) is 0 Å². The van der Waals surface area contributed by atoms with Crippen LogP contribution in [0.25, 0.3) is 55.0 Å². The molecule has 1 unspecified atom stereocenters. The smallest absolute Gasteiger partial charge is 0.135 e. The van der Waals surface area contributed by atoms with Gasteiger partial charge in [-0.1, -0.05) is 164 Å². The largest absolute Gasteiger partial charge is 0.456 e. The van der Waals surface area contributed by atoms with Crippen molar-refractivity contribution < 1.29 is 14.0 Å². The summed E-state index contributed by atoms with van der Waals surface area (Å²) in [7, 11) is 0. The molecule has 0 bridgehead atoms. The summed E-state index contributed by atoms with van der Waals surface area (Å²) < 4.78 is 70.9. The molecule has 2 nitrogen and oxygen atoms in total. The minimum atomic E-state index is -1.43. The van der Waals surface area contributed by atoms with Crippen molar-refractivity contribution in [3.05, 3.63) is 234 Å². The first-order valence-electron chi connectivity index (χ1n) is 21.9. The van der Waals surface area contributed by atoms with Gasteiger partial charge >= 0.3 is 0 Å². The van der Waals surface area contributed by atoms with Crippen molar-refractivity contribution in [2.75, 3.05) is 4.90 Å². The highest BCUT2D eigenvalue weighted by Crippen LogP contribution is 2.60. The number of fused-ring (bicyclic) bond motifs is 7. The Bertz CT molecular complexity index is 3430. The fraction of sp³-hybridized carbons (Fsp3) is 0.0189.